The van der Waals surface area contributed by atoms with Crippen molar-refractivity contribution in [1.29, 1.82) is 0 Å². The number of ether oxygens (including phenoxy) is 1. The number of aliphatic imine (C=N–C) groups is 1. The van der Waals surface area contributed by atoms with Crippen molar-refractivity contribution in [3.05, 3.63) is 99.5 Å². The maximum absolute atomic E-state index is 12.8. The predicted molar refractivity (Wildman–Crippen MR) is 142 cm³/mol. The third-order valence-corrected chi connectivity index (χ3v) is 6.94. The SMILES string of the molecule is CO[C@H](CN(C)/C(C)=N/c1ccc2c(c1)[C@@H](NC(=O)c1ccc(Br)cc1)[C@H](O)C2)c1ccccc1. The van der Waals surface area contributed by atoms with E-state index in [9.17, 15) is 9.90 Å². The summed E-state index contributed by atoms with van der Waals surface area (Å²) in [5.74, 6) is 0.627. The van der Waals surface area contributed by atoms with E-state index in [4.69, 9.17) is 9.73 Å². The van der Waals surface area contributed by atoms with Crippen molar-refractivity contribution in [3.8, 4) is 0 Å². The summed E-state index contributed by atoms with van der Waals surface area (Å²) in [6.45, 7) is 2.62. The third kappa shape index (κ3) is 5.99. The first kappa shape index (κ1) is 25.1. The number of fused-ring (bicyclic) bond motifs is 1. The van der Waals surface area contributed by atoms with Gasteiger partial charge in [0, 0.05) is 37.2 Å². The van der Waals surface area contributed by atoms with Gasteiger partial charge in [-0.15, -0.1) is 0 Å². The maximum atomic E-state index is 12.8. The zero-order valence-electron chi connectivity index (χ0n) is 20.1. The molecule has 0 saturated heterocycles. The largest absolute Gasteiger partial charge is 0.390 e. The van der Waals surface area contributed by atoms with Gasteiger partial charge in [0.2, 0.25) is 0 Å². The zero-order valence-corrected chi connectivity index (χ0v) is 21.7. The molecule has 0 aliphatic heterocycles. The lowest BCUT2D eigenvalue weighted by Crippen LogP contribution is -2.33. The van der Waals surface area contributed by atoms with Gasteiger partial charge < -0.3 is 20.1 Å². The first-order valence-electron chi connectivity index (χ1n) is 11.6. The summed E-state index contributed by atoms with van der Waals surface area (Å²) >= 11 is 3.39. The normalized spacial score (nSPS) is 18.1. The Bertz CT molecular complexity index is 1200. The Kier molecular flexibility index (Phi) is 8.00. The quantitative estimate of drug-likeness (QED) is 0.322. The molecule has 3 aromatic rings. The van der Waals surface area contributed by atoms with E-state index in [-0.39, 0.29) is 12.0 Å². The molecule has 35 heavy (non-hydrogen) atoms. The molecule has 1 aliphatic rings. The second-order valence-electron chi connectivity index (χ2n) is 8.79. The third-order valence-electron chi connectivity index (χ3n) is 6.41. The van der Waals surface area contributed by atoms with Crippen LogP contribution in [0.15, 0.2) is 82.3 Å². The molecular weight excluding hydrogens is 506 g/mol. The van der Waals surface area contributed by atoms with Crippen LogP contribution in [0.4, 0.5) is 5.69 Å². The number of aliphatic hydroxyl groups is 1. The standard InChI is InChI=1S/C28H30BrN3O3/c1-18(32(2)17-26(35-3)19-7-5-4-6-8-19)30-23-14-11-21-15-25(33)27(24(21)16-23)31-28(34)20-9-12-22(29)13-10-20/h4-14,16,25-27,33H,15,17H2,1-3H3,(H,31,34)/b30-18+/t25-,26-,27-/m1/s1. The zero-order chi connectivity index (χ0) is 24.9. The van der Waals surface area contributed by atoms with E-state index in [0.717, 1.165) is 32.7 Å². The molecule has 3 atom stereocenters. The van der Waals surface area contributed by atoms with E-state index < -0.39 is 12.1 Å². The molecule has 182 valence electrons. The van der Waals surface area contributed by atoms with E-state index in [2.05, 4.69) is 38.3 Å². The van der Waals surface area contributed by atoms with Gasteiger partial charge in [0.25, 0.3) is 5.91 Å². The molecule has 0 spiro atoms. The summed E-state index contributed by atoms with van der Waals surface area (Å²) in [5.41, 5.74) is 4.36. The molecule has 0 fully saturated rings. The summed E-state index contributed by atoms with van der Waals surface area (Å²) in [6, 6.07) is 22.7. The van der Waals surface area contributed by atoms with Gasteiger partial charge >= 0.3 is 0 Å². The number of aliphatic hydroxyl groups excluding tert-OH is 1. The van der Waals surface area contributed by atoms with E-state index in [1.807, 2.05) is 62.5 Å². The lowest BCUT2D eigenvalue weighted by Gasteiger charge is -2.25. The van der Waals surface area contributed by atoms with Gasteiger partial charge in [-0.3, -0.25) is 4.79 Å². The minimum Gasteiger partial charge on any atom is -0.390 e. The van der Waals surface area contributed by atoms with Crippen LogP contribution in [0.25, 0.3) is 0 Å². The first-order chi connectivity index (χ1) is 16.9. The lowest BCUT2D eigenvalue weighted by molar-refractivity contribution is 0.0858. The van der Waals surface area contributed by atoms with Crippen LogP contribution in [-0.2, 0) is 11.2 Å². The van der Waals surface area contributed by atoms with Gasteiger partial charge in [0.1, 0.15) is 5.84 Å². The van der Waals surface area contributed by atoms with E-state index in [1.165, 1.54) is 0 Å². The van der Waals surface area contributed by atoms with Gasteiger partial charge in [0.15, 0.2) is 0 Å². The summed E-state index contributed by atoms with van der Waals surface area (Å²) < 4.78 is 6.61. The van der Waals surface area contributed by atoms with Crippen LogP contribution < -0.4 is 5.32 Å². The summed E-state index contributed by atoms with van der Waals surface area (Å²) in [6.07, 6.45) is -0.253. The van der Waals surface area contributed by atoms with Gasteiger partial charge in [-0.2, -0.15) is 0 Å². The number of nitrogens with one attached hydrogen (secondary N) is 1. The highest BCUT2D eigenvalue weighted by atomic mass is 79.9. The number of hydrogen-bond acceptors (Lipinski definition) is 4. The average molecular weight is 536 g/mol. The molecule has 1 aliphatic carbocycles. The number of nitrogens with zero attached hydrogens (tertiary/aromatic N) is 2. The highest BCUT2D eigenvalue weighted by Crippen LogP contribution is 2.34. The Balaban J connectivity index is 1.49. The molecule has 3 aromatic carbocycles. The fourth-order valence-electron chi connectivity index (χ4n) is 4.31. The highest BCUT2D eigenvalue weighted by Gasteiger charge is 2.32. The van der Waals surface area contributed by atoms with E-state index in [0.29, 0.717) is 18.5 Å². The summed E-state index contributed by atoms with van der Waals surface area (Å²) in [4.78, 5) is 19.7. The van der Waals surface area contributed by atoms with Crippen molar-refractivity contribution >= 4 is 33.4 Å². The van der Waals surface area contributed by atoms with Crippen LogP contribution in [0.5, 0.6) is 0 Å². The molecule has 1 amide bonds. The number of amides is 1. The van der Waals surface area contributed by atoms with E-state index in [1.54, 1.807) is 19.2 Å². The average Bonchev–Trinajstić information content (AvgIpc) is 3.17. The van der Waals surface area contributed by atoms with Crippen LogP contribution in [0, 0.1) is 0 Å². The maximum Gasteiger partial charge on any atom is 0.251 e. The Morgan fingerprint density at radius 1 is 1.17 bits per heavy atom. The van der Waals surface area contributed by atoms with Crippen LogP contribution in [0.2, 0.25) is 0 Å². The first-order valence-corrected chi connectivity index (χ1v) is 12.4. The smallest absolute Gasteiger partial charge is 0.251 e. The summed E-state index contributed by atoms with van der Waals surface area (Å²) in [5, 5.41) is 13.7. The van der Waals surface area contributed by atoms with Gasteiger partial charge in [0.05, 0.1) is 23.9 Å². The van der Waals surface area contributed by atoms with Crippen LogP contribution in [-0.4, -0.2) is 48.6 Å². The Morgan fingerprint density at radius 2 is 1.89 bits per heavy atom. The number of carbonyl (C=O) groups is 1. The molecule has 0 heterocycles. The highest BCUT2D eigenvalue weighted by molar-refractivity contribution is 9.10. The molecule has 0 bridgehead atoms. The van der Waals surface area contributed by atoms with Crippen molar-refractivity contribution in [2.45, 2.75) is 31.6 Å². The number of methoxy groups -OCH3 is 1. The van der Waals surface area contributed by atoms with Crippen molar-refractivity contribution in [3.63, 3.8) is 0 Å². The van der Waals surface area contributed by atoms with Gasteiger partial charge in [-0.25, -0.2) is 4.99 Å². The number of carbonyl (C=O) groups excluding carboxylic acids is 1. The minimum atomic E-state index is -0.680. The topological polar surface area (TPSA) is 74.2 Å². The Hall–Kier alpha value is -3.00. The van der Waals surface area contributed by atoms with Crippen molar-refractivity contribution < 1.29 is 14.6 Å². The molecule has 0 aromatic heterocycles. The fraction of sp³-hybridized carbons (Fsp3) is 0.286. The lowest BCUT2D eigenvalue weighted by atomic mass is 10.1. The Morgan fingerprint density at radius 3 is 2.57 bits per heavy atom. The molecule has 4 rings (SSSR count). The van der Waals surface area contributed by atoms with Crippen LogP contribution in [0.3, 0.4) is 0 Å². The minimum absolute atomic E-state index is 0.0697. The number of amidine groups is 1. The van der Waals surface area contributed by atoms with E-state index >= 15 is 0 Å². The van der Waals surface area contributed by atoms with Crippen LogP contribution >= 0.6 is 15.9 Å². The molecule has 0 unspecified atom stereocenters. The van der Waals surface area contributed by atoms with Crippen molar-refractivity contribution in [2.75, 3.05) is 20.7 Å². The molecule has 6 nitrogen and oxygen atoms in total. The molecule has 0 saturated carbocycles. The number of benzene rings is 3. The fourth-order valence-corrected chi connectivity index (χ4v) is 4.58. The summed E-state index contributed by atoms with van der Waals surface area (Å²) in [7, 11) is 3.71. The molecular formula is C28H30BrN3O3. The Labute approximate surface area is 214 Å². The van der Waals surface area contributed by atoms with Crippen LogP contribution in [0.1, 0.15) is 46.1 Å². The molecule has 7 heteroatoms. The second kappa shape index (κ2) is 11.2. The number of likely N-dealkylation sites (N-methyl/N-ethyl adjacent to an activating group) is 1. The second-order valence-corrected chi connectivity index (χ2v) is 9.70. The molecule has 0 radical (unpaired) electrons. The number of rotatable bonds is 7. The van der Waals surface area contributed by atoms with Crippen molar-refractivity contribution in [2.24, 2.45) is 4.99 Å². The van der Waals surface area contributed by atoms with Gasteiger partial charge in [-0.1, -0.05) is 52.3 Å². The molecule has 2 N–H and O–H groups in total. The monoisotopic (exact) mass is 535 g/mol. The van der Waals surface area contributed by atoms with Crippen molar-refractivity contribution in [1.82, 2.24) is 10.2 Å². The van der Waals surface area contributed by atoms with Gasteiger partial charge in [-0.05, 0) is 60.0 Å². The number of hydrogen-bond donors (Lipinski definition) is 2. The predicted octanol–water partition coefficient (Wildman–Crippen LogP) is 5.21. The number of halogens is 1.